The first-order valence-corrected chi connectivity index (χ1v) is 11.7. The number of hydrogen-bond donors (Lipinski definition) is 2. The van der Waals surface area contributed by atoms with E-state index in [1.165, 1.54) is 5.56 Å². The summed E-state index contributed by atoms with van der Waals surface area (Å²) in [6, 6.07) is 16.1. The van der Waals surface area contributed by atoms with E-state index in [2.05, 4.69) is 48.9 Å². The van der Waals surface area contributed by atoms with Gasteiger partial charge in [0.25, 0.3) is 0 Å². The van der Waals surface area contributed by atoms with Crippen LogP contribution in [0.3, 0.4) is 0 Å². The van der Waals surface area contributed by atoms with Crippen LogP contribution in [0.5, 0.6) is 0 Å². The number of benzene rings is 2. The van der Waals surface area contributed by atoms with Crippen LogP contribution in [0.2, 0.25) is 0 Å². The number of allylic oxidation sites excluding steroid dienone is 6. The molecular formula is C30H35N3O. The lowest BCUT2D eigenvalue weighted by atomic mass is 9.98. The summed E-state index contributed by atoms with van der Waals surface area (Å²) in [5, 5.41) is 6.87. The number of carbonyl (C=O) groups excluding carboxylic acids is 1. The van der Waals surface area contributed by atoms with Crippen LogP contribution in [0.15, 0.2) is 101 Å². The minimum absolute atomic E-state index is 0.0444. The second kappa shape index (κ2) is 11.5. The van der Waals surface area contributed by atoms with E-state index in [-0.39, 0.29) is 11.7 Å². The molecule has 1 aliphatic carbocycles. The van der Waals surface area contributed by atoms with Crippen LogP contribution in [0.25, 0.3) is 0 Å². The van der Waals surface area contributed by atoms with Gasteiger partial charge in [0, 0.05) is 53.6 Å². The van der Waals surface area contributed by atoms with Gasteiger partial charge < -0.3 is 10.6 Å². The molecule has 0 saturated heterocycles. The number of ketones is 1. The van der Waals surface area contributed by atoms with Gasteiger partial charge in [0.2, 0.25) is 0 Å². The molecular weight excluding hydrogens is 418 g/mol. The fraction of sp³-hybridized carbons (Fsp3) is 0.267. The van der Waals surface area contributed by atoms with Crippen molar-refractivity contribution in [2.24, 2.45) is 4.99 Å². The van der Waals surface area contributed by atoms with Crippen molar-refractivity contribution < 1.29 is 4.79 Å². The van der Waals surface area contributed by atoms with Crippen LogP contribution in [0.4, 0.5) is 0 Å². The molecule has 1 unspecified atom stereocenters. The second-order valence-electron chi connectivity index (χ2n) is 8.76. The molecule has 0 spiro atoms. The fourth-order valence-electron chi connectivity index (χ4n) is 4.08. The number of nitrogens with zero attached hydrogens (tertiary/aromatic N) is 1. The van der Waals surface area contributed by atoms with E-state index in [9.17, 15) is 4.79 Å². The molecule has 0 amide bonds. The largest absolute Gasteiger partial charge is 0.387 e. The second-order valence-corrected chi connectivity index (χ2v) is 8.76. The minimum atomic E-state index is 0.0444. The van der Waals surface area contributed by atoms with Gasteiger partial charge in [-0.05, 0) is 50.5 Å². The molecule has 2 aromatic rings. The van der Waals surface area contributed by atoms with E-state index >= 15 is 0 Å². The van der Waals surface area contributed by atoms with Gasteiger partial charge in [-0.3, -0.25) is 9.79 Å². The van der Waals surface area contributed by atoms with Crippen molar-refractivity contribution >= 4 is 11.5 Å². The molecule has 34 heavy (non-hydrogen) atoms. The van der Waals surface area contributed by atoms with Crippen molar-refractivity contribution in [2.75, 3.05) is 13.1 Å². The normalized spacial score (nSPS) is 16.6. The summed E-state index contributed by atoms with van der Waals surface area (Å²) in [6.07, 6.45) is 4.41. The first-order chi connectivity index (χ1) is 16.3. The number of aryl methyl sites for hydroxylation is 1. The van der Waals surface area contributed by atoms with E-state index < -0.39 is 0 Å². The van der Waals surface area contributed by atoms with Gasteiger partial charge >= 0.3 is 0 Å². The van der Waals surface area contributed by atoms with Crippen LogP contribution in [0, 0.1) is 6.92 Å². The lowest BCUT2D eigenvalue weighted by molar-refractivity contribution is 0.0990. The van der Waals surface area contributed by atoms with Crippen LogP contribution in [0.1, 0.15) is 60.2 Å². The number of aliphatic imine (C=N–C) groups is 1. The van der Waals surface area contributed by atoms with Crippen molar-refractivity contribution in [1.82, 2.24) is 10.6 Å². The van der Waals surface area contributed by atoms with Crippen LogP contribution >= 0.6 is 0 Å². The maximum Gasteiger partial charge on any atom is 0.164 e. The Morgan fingerprint density at radius 2 is 1.74 bits per heavy atom. The number of Topliss-reactive ketones (excluding diaryl/α,β-unsaturated/α-hetero) is 1. The van der Waals surface area contributed by atoms with E-state index in [0.717, 1.165) is 51.6 Å². The summed E-state index contributed by atoms with van der Waals surface area (Å²) < 4.78 is 0. The topological polar surface area (TPSA) is 53.5 Å². The number of hydrogen-bond acceptors (Lipinski definition) is 4. The Bertz CT molecular complexity index is 1180. The highest BCUT2D eigenvalue weighted by Crippen LogP contribution is 2.36. The minimum Gasteiger partial charge on any atom is -0.387 e. The zero-order valence-electron chi connectivity index (χ0n) is 20.7. The Balaban J connectivity index is 1.64. The summed E-state index contributed by atoms with van der Waals surface area (Å²) in [6.45, 7) is 17.7. The summed E-state index contributed by atoms with van der Waals surface area (Å²) >= 11 is 0. The summed E-state index contributed by atoms with van der Waals surface area (Å²) in [7, 11) is 0. The first-order valence-electron chi connectivity index (χ1n) is 11.7. The third-order valence-electron chi connectivity index (χ3n) is 6.27. The van der Waals surface area contributed by atoms with Gasteiger partial charge in [-0.25, -0.2) is 0 Å². The van der Waals surface area contributed by atoms with E-state index in [4.69, 9.17) is 4.99 Å². The Labute approximate surface area is 203 Å². The highest BCUT2D eigenvalue weighted by molar-refractivity contribution is 6.10. The molecule has 2 aromatic carbocycles. The molecule has 0 aliphatic heterocycles. The van der Waals surface area contributed by atoms with Crippen molar-refractivity contribution in [3.63, 3.8) is 0 Å². The SMILES string of the molecule is C=C/C(C)=C(C)/N=C(\C=C(/C)NCCNC(=C)C1CC(=O)c2ccccc21)c1ccccc1C. The van der Waals surface area contributed by atoms with Crippen molar-refractivity contribution in [3.8, 4) is 0 Å². The fourth-order valence-corrected chi connectivity index (χ4v) is 4.08. The third-order valence-corrected chi connectivity index (χ3v) is 6.27. The molecule has 0 bridgehead atoms. The molecule has 0 fully saturated rings. The number of carbonyl (C=O) groups is 1. The van der Waals surface area contributed by atoms with Gasteiger partial charge in [0.15, 0.2) is 5.78 Å². The molecule has 176 valence electrons. The van der Waals surface area contributed by atoms with Crippen LogP contribution in [-0.4, -0.2) is 24.6 Å². The third kappa shape index (κ3) is 6.02. The number of fused-ring (bicyclic) bond motifs is 1. The van der Waals surface area contributed by atoms with Crippen molar-refractivity contribution in [1.29, 1.82) is 0 Å². The Hall–Kier alpha value is -3.66. The molecule has 4 heteroatoms. The van der Waals surface area contributed by atoms with E-state index in [0.29, 0.717) is 13.0 Å². The van der Waals surface area contributed by atoms with Gasteiger partial charge in [0.1, 0.15) is 0 Å². The quantitative estimate of drug-likeness (QED) is 0.255. The maximum atomic E-state index is 12.3. The number of rotatable bonds is 10. The van der Waals surface area contributed by atoms with Gasteiger partial charge in [-0.1, -0.05) is 67.8 Å². The molecule has 2 N–H and O–H groups in total. The lowest BCUT2D eigenvalue weighted by Crippen LogP contribution is -2.27. The summed E-state index contributed by atoms with van der Waals surface area (Å²) in [5.74, 6) is 0.238. The zero-order chi connectivity index (χ0) is 24.7. The van der Waals surface area contributed by atoms with Crippen molar-refractivity contribution in [2.45, 2.75) is 40.0 Å². The average Bonchev–Trinajstić information content (AvgIpc) is 3.17. The van der Waals surface area contributed by atoms with Gasteiger partial charge in [0.05, 0.1) is 5.71 Å². The first kappa shape index (κ1) is 25.0. The lowest BCUT2D eigenvalue weighted by Gasteiger charge is -2.17. The predicted molar refractivity (Wildman–Crippen MR) is 143 cm³/mol. The summed E-state index contributed by atoms with van der Waals surface area (Å²) in [4.78, 5) is 17.2. The highest BCUT2D eigenvalue weighted by atomic mass is 16.1. The molecule has 4 nitrogen and oxygen atoms in total. The zero-order valence-corrected chi connectivity index (χ0v) is 20.7. The molecule has 0 radical (unpaired) electrons. The van der Waals surface area contributed by atoms with Crippen LogP contribution < -0.4 is 10.6 Å². The predicted octanol–water partition coefficient (Wildman–Crippen LogP) is 6.23. The molecule has 3 rings (SSSR count). The smallest absolute Gasteiger partial charge is 0.164 e. The standard InChI is InChI=1S/C30H35N3O/c1-7-20(2)23(5)33-29(25-13-9-8-12-21(25)3)18-22(4)31-16-17-32-24(6)28-19-30(34)27-15-11-10-14-26(27)28/h7-15,18,28,31-32H,1,6,16-17,19H2,2-5H3/b22-18+,23-20+,33-29+. The summed E-state index contributed by atoms with van der Waals surface area (Å²) in [5.41, 5.74) is 9.03. The van der Waals surface area contributed by atoms with E-state index in [1.807, 2.05) is 63.2 Å². The molecule has 0 aromatic heterocycles. The maximum absolute atomic E-state index is 12.3. The van der Waals surface area contributed by atoms with Crippen LogP contribution in [-0.2, 0) is 0 Å². The van der Waals surface area contributed by atoms with Crippen molar-refractivity contribution in [3.05, 3.63) is 119 Å². The van der Waals surface area contributed by atoms with Gasteiger partial charge in [-0.2, -0.15) is 0 Å². The Kier molecular flexibility index (Phi) is 8.42. The molecule has 0 saturated carbocycles. The highest BCUT2D eigenvalue weighted by Gasteiger charge is 2.30. The number of nitrogens with one attached hydrogen (secondary N) is 2. The van der Waals surface area contributed by atoms with Gasteiger partial charge in [-0.15, -0.1) is 0 Å². The molecule has 1 aliphatic rings. The molecule has 1 atom stereocenters. The average molecular weight is 454 g/mol. The van der Waals surface area contributed by atoms with E-state index in [1.54, 1.807) is 0 Å². The molecule has 0 heterocycles. The Morgan fingerprint density at radius 1 is 1.06 bits per heavy atom. The Morgan fingerprint density at radius 3 is 2.47 bits per heavy atom. The monoisotopic (exact) mass is 453 g/mol.